The van der Waals surface area contributed by atoms with Crippen LogP contribution in [0, 0.1) is 5.92 Å². The maximum atomic E-state index is 6.07. The van der Waals surface area contributed by atoms with Crippen LogP contribution in [0.2, 0.25) is 0 Å². The molecular weight excluding hydrogens is 314 g/mol. The second-order valence-corrected chi connectivity index (χ2v) is 7.12. The number of nitrogens with zero attached hydrogens (tertiary/aromatic N) is 4. The number of imidazole rings is 1. The number of rotatable bonds is 6. The highest BCUT2D eigenvalue weighted by Crippen LogP contribution is 2.34. The molecule has 0 amide bonds. The van der Waals surface area contributed by atoms with Crippen molar-refractivity contribution in [2.75, 3.05) is 6.61 Å². The number of pyridine rings is 1. The molecule has 1 aliphatic carbocycles. The molecule has 2 atom stereocenters. The molecular formula is C19H23N5O. The van der Waals surface area contributed by atoms with Gasteiger partial charge in [-0.05, 0) is 43.4 Å². The highest BCUT2D eigenvalue weighted by atomic mass is 16.5. The lowest BCUT2D eigenvalue weighted by molar-refractivity contribution is 0.0905. The molecule has 1 N–H and O–H groups in total. The predicted molar refractivity (Wildman–Crippen MR) is 94.1 cm³/mol. The van der Waals surface area contributed by atoms with E-state index in [9.17, 15) is 0 Å². The van der Waals surface area contributed by atoms with E-state index < -0.39 is 0 Å². The van der Waals surface area contributed by atoms with Gasteiger partial charge in [0, 0.05) is 50.0 Å². The standard InChI is InChI=1S/C19H23N5O/c1-2-15(23-10-9-20-18(23)3-1)12-21-16-7-11-25-19(16)17-6-8-22-24(17)13-14-4-5-14/h1-3,6,8-10,14,16,19,21H,4-5,7,11-13H2/t16-,19-/m0/s1. The molecule has 3 aromatic rings. The molecule has 0 aromatic carbocycles. The van der Waals surface area contributed by atoms with Gasteiger partial charge in [-0.3, -0.25) is 4.68 Å². The fourth-order valence-electron chi connectivity index (χ4n) is 3.76. The Morgan fingerprint density at radius 3 is 3.04 bits per heavy atom. The fraction of sp³-hybridized carbons (Fsp3) is 0.474. The molecule has 0 unspecified atom stereocenters. The van der Waals surface area contributed by atoms with Gasteiger partial charge < -0.3 is 14.5 Å². The van der Waals surface area contributed by atoms with Gasteiger partial charge in [-0.1, -0.05) is 6.07 Å². The molecule has 0 radical (unpaired) electrons. The van der Waals surface area contributed by atoms with Gasteiger partial charge in [0.05, 0.1) is 5.69 Å². The number of hydrogen-bond acceptors (Lipinski definition) is 4. The number of nitrogens with one attached hydrogen (secondary N) is 1. The van der Waals surface area contributed by atoms with Crippen LogP contribution in [0.15, 0.2) is 42.9 Å². The molecule has 2 aliphatic rings. The van der Waals surface area contributed by atoms with Gasteiger partial charge in [0.25, 0.3) is 0 Å². The second kappa shape index (κ2) is 6.28. The molecule has 0 bridgehead atoms. The van der Waals surface area contributed by atoms with Crippen molar-refractivity contribution >= 4 is 5.65 Å². The summed E-state index contributed by atoms with van der Waals surface area (Å²) in [6, 6.07) is 8.66. The summed E-state index contributed by atoms with van der Waals surface area (Å²) in [5.41, 5.74) is 3.41. The Balaban J connectivity index is 1.32. The van der Waals surface area contributed by atoms with E-state index in [4.69, 9.17) is 4.74 Å². The average Bonchev–Trinajstić information content (AvgIpc) is 3.05. The normalized spacial score (nSPS) is 23.5. The molecule has 1 saturated carbocycles. The van der Waals surface area contributed by atoms with Gasteiger partial charge in [-0.25, -0.2) is 4.98 Å². The van der Waals surface area contributed by atoms with Crippen LogP contribution in [-0.2, 0) is 17.8 Å². The summed E-state index contributed by atoms with van der Waals surface area (Å²) in [4.78, 5) is 4.36. The molecule has 3 aromatic heterocycles. The minimum Gasteiger partial charge on any atom is -0.370 e. The maximum absolute atomic E-state index is 6.07. The third-order valence-corrected chi connectivity index (χ3v) is 5.32. The van der Waals surface area contributed by atoms with Crippen molar-refractivity contribution in [2.45, 2.75) is 44.5 Å². The van der Waals surface area contributed by atoms with Crippen molar-refractivity contribution in [1.29, 1.82) is 0 Å². The Bertz CT molecular complexity index is 865. The van der Waals surface area contributed by atoms with Crippen LogP contribution >= 0.6 is 0 Å². The monoisotopic (exact) mass is 337 g/mol. The number of ether oxygens (including phenoxy) is 1. The van der Waals surface area contributed by atoms with E-state index in [0.29, 0.717) is 6.04 Å². The molecule has 1 saturated heterocycles. The van der Waals surface area contributed by atoms with Gasteiger partial charge in [0.1, 0.15) is 11.8 Å². The van der Waals surface area contributed by atoms with Crippen LogP contribution in [0.1, 0.15) is 36.8 Å². The lowest BCUT2D eigenvalue weighted by Crippen LogP contribution is -2.33. The van der Waals surface area contributed by atoms with Crippen molar-refractivity contribution in [2.24, 2.45) is 5.92 Å². The minimum atomic E-state index is 0.0863. The predicted octanol–water partition coefficient (Wildman–Crippen LogP) is 2.56. The molecule has 6 heteroatoms. The van der Waals surface area contributed by atoms with Gasteiger partial charge in [0.2, 0.25) is 0 Å². The highest BCUT2D eigenvalue weighted by Gasteiger charge is 2.33. The zero-order valence-electron chi connectivity index (χ0n) is 14.2. The van der Waals surface area contributed by atoms with Crippen LogP contribution < -0.4 is 5.32 Å². The van der Waals surface area contributed by atoms with E-state index in [2.05, 4.69) is 42.7 Å². The van der Waals surface area contributed by atoms with E-state index in [1.807, 2.05) is 24.7 Å². The van der Waals surface area contributed by atoms with Crippen molar-refractivity contribution in [3.8, 4) is 0 Å². The van der Waals surface area contributed by atoms with Crippen LogP contribution in [0.5, 0.6) is 0 Å². The first kappa shape index (κ1) is 15.1. The van der Waals surface area contributed by atoms with Crippen molar-refractivity contribution in [3.63, 3.8) is 0 Å². The molecule has 6 nitrogen and oxygen atoms in total. The van der Waals surface area contributed by atoms with E-state index in [1.54, 1.807) is 0 Å². The summed E-state index contributed by atoms with van der Waals surface area (Å²) in [6.45, 7) is 2.63. The fourth-order valence-corrected chi connectivity index (χ4v) is 3.76. The molecule has 1 aliphatic heterocycles. The Kier molecular flexibility index (Phi) is 3.79. The van der Waals surface area contributed by atoms with Crippen molar-refractivity contribution < 1.29 is 4.74 Å². The summed E-state index contributed by atoms with van der Waals surface area (Å²) in [6.07, 6.45) is 9.55. The minimum absolute atomic E-state index is 0.0863. The molecule has 130 valence electrons. The van der Waals surface area contributed by atoms with Crippen molar-refractivity contribution in [1.82, 2.24) is 24.5 Å². The summed E-state index contributed by atoms with van der Waals surface area (Å²) in [7, 11) is 0. The largest absolute Gasteiger partial charge is 0.370 e. The molecule has 5 rings (SSSR count). The number of aromatic nitrogens is 4. The van der Waals surface area contributed by atoms with Crippen LogP contribution in [0.4, 0.5) is 0 Å². The van der Waals surface area contributed by atoms with Gasteiger partial charge in [-0.15, -0.1) is 0 Å². The number of hydrogen-bond donors (Lipinski definition) is 1. The maximum Gasteiger partial charge on any atom is 0.136 e. The van der Waals surface area contributed by atoms with E-state index in [-0.39, 0.29) is 6.10 Å². The topological polar surface area (TPSA) is 56.4 Å². The third-order valence-electron chi connectivity index (χ3n) is 5.32. The molecule has 0 spiro atoms. The van der Waals surface area contributed by atoms with Gasteiger partial charge in [-0.2, -0.15) is 5.10 Å². The summed E-state index contributed by atoms with van der Waals surface area (Å²) < 4.78 is 10.4. The zero-order valence-corrected chi connectivity index (χ0v) is 14.2. The molecule has 4 heterocycles. The second-order valence-electron chi connectivity index (χ2n) is 7.12. The first-order chi connectivity index (χ1) is 12.4. The lowest BCUT2D eigenvalue weighted by atomic mass is 10.1. The van der Waals surface area contributed by atoms with E-state index >= 15 is 0 Å². The van der Waals surface area contributed by atoms with Crippen LogP contribution in [0.3, 0.4) is 0 Å². The number of fused-ring (bicyclic) bond motifs is 1. The molecule has 2 fully saturated rings. The Morgan fingerprint density at radius 2 is 2.12 bits per heavy atom. The third kappa shape index (κ3) is 2.96. The zero-order chi connectivity index (χ0) is 16.6. The Hall–Kier alpha value is -2.18. The lowest BCUT2D eigenvalue weighted by Gasteiger charge is -2.21. The average molecular weight is 337 g/mol. The van der Waals surface area contributed by atoms with E-state index in [0.717, 1.165) is 37.7 Å². The summed E-state index contributed by atoms with van der Waals surface area (Å²) >= 11 is 0. The van der Waals surface area contributed by atoms with Crippen molar-refractivity contribution in [3.05, 3.63) is 54.2 Å². The molecule has 25 heavy (non-hydrogen) atoms. The summed E-state index contributed by atoms with van der Waals surface area (Å²) in [5, 5.41) is 8.22. The van der Waals surface area contributed by atoms with Crippen LogP contribution in [-0.4, -0.2) is 31.8 Å². The van der Waals surface area contributed by atoms with Gasteiger partial charge >= 0.3 is 0 Å². The van der Waals surface area contributed by atoms with Crippen LogP contribution in [0.25, 0.3) is 5.65 Å². The first-order valence-corrected chi connectivity index (χ1v) is 9.16. The SMILES string of the molecule is c1cc(CN[C@H]2CCO[C@@H]2c2ccnn2CC2CC2)n2ccnc2c1. The first-order valence-electron chi connectivity index (χ1n) is 9.16. The highest BCUT2D eigenvalue weighted by molar-refractivity contribution is 5.39. The quantitative estimate of drug-likeness (QED) is 0.751. The van der Waals surface area contributed by atoms with E-state index in [1.165, 1.54) is 24.2 Å². The smallest absolute Gasteiger partial charge is 0.136 e. The Labute approximate surface area is 146 Å². The summed E-state index contributed by atoms with van der Waals surface area (Å²) in [5.74, 6) is 0.810. The Morgan fingerprint density at radius 1 is 1.16 bits per heavy atom. The van der Waals surface area contributed by atoms with Gasteiger partial charge in [0.15, 0.2) is 0 Å².